The first kappa shape index (κ1) is 11.7. The zero-order valence-electron chi connectivity index (χ0n) is 4.48. The Balaban J connectivity index is 0. The molecule has 8 heavy (non-hydrogen) atoms. The van der Waals surface area contributed by atoms with E-state index in [0.717, 1.165) is 0 Å². The maximum atomic E-state index is 5.42. The van der Waals surface area contributed by atoms with Gasteiger partial charge in [-0.2, -0.15) is 0 Å². The van der Waals surface area contributed by atoms with Crippen molar-refractivity contribution in [1.29, 1.82) is 0 Å². The van der Waals surface area contributed by atoms with Crippen LogP contribution in [0.1, 0.15) is 0 Å². The fourth-order valence-electron chi connectivity index (χ4n) is 0.199. The first-order valence-corrected chi connectivity index (χ1v) is 2.40. The molecule has 0 aliphatic heterocycles. The number of ether oxygens (including phenoxy) is 2. The van der Waals surface area contributed by atoms with Gasteiger partial charge in [-0.05, 0) is 0 Å². The molecule has 0 bridgehead atoms. The van der Waals surface area contributed by atoms with Gasteiger partial charge in [0.15, 0.2) is 5.56 Å². The topological polar surface area (TPSA) is 18.5 Å². The number of rotatable bonds is 3. The number of halogens is 1. The van der Waals surface area contributed by atoms with Gasteiger partial charge in [0.05, 0.1) is 6.61 Å². The van der Waals surface area contributed by atoms with E-state index in [2.05, 4.69) is 9.47 Å². The standard InChI is InChI=1S/C4H9ClO2.Mg.2H/c1-6-3-4(5)7-2;;;/h4H,3H2,1-2H3;;;. The molecule has 2 nitrogen and oxygen atoms in total. The third kappa shape index (κ3) is 6.98. The molecule has 0 amide bonds. The van der Waals surface area contributed by atoms with Gasteiger partial charge in [-0.1, -0.05) is 11.6 Å². The van der Waals surface area contributed by atoms with Gasteiger partial charge in [0.25, 0.3) is 0 Å². The summed E-state index contributed by atoms with van der Waals surface area (Å²) in [6.45, 7) is 0.443. The summed E-state index contributed by atoms with van der Waals surface area (Å²) < 4.78 is 9.27. The van der Waals surface area contributed by atoms with Crippen LogP contribution in [0.4, 0.5) is 0 Å². The maximum absolute atomic E-state index is 5.42. The fourth-order valence-corrected chi connectivity index (χ4v) is 0.325. The van der Waals surface area contributed by atoms with Gasteiger partial charge < -0.3 is 9.47 Å². The van der Waals surface area contributed by atoms with E-state index in [9.17, 15) is 0 Å². The molecule has 4 heteroatoms. The molecule has 0 saturated carbocycles. The van der Waals surface area contributed by atoms with Crippen LogP contribution in [0.5, 0.6) is 0 Å². The minimum absolute atomic E-state index is 0. The molecule has 0 heterocycles. The monoisotopic (exact) mass is 150 g/mol. The lowest BCUT2D eigenvalue weighted by atomic mass is 10.8. The molecular weight excluding hydrogens is 140 g/mol. The van der Waals surface area contributed by atoms with Crippen molar-refractivity contribution in [2.24, 2.45) is 0 Å². The minimum atomic E-state index is -0.301. The molecule has 0 spiro atoms. The van der Waals surface area contributed by atoms with Crippen LogP contribution >= 0.6 is 11.6 Å². The molecule has 1 atom stereocenters. The van der Waals surface area contributed by atoms with Gasteiger partial charge in [-0.25, -0.2) is 0 Å². The predicted octanol–water partition coefficient (Wildman–Crippen LogP) is -0.0721. The van der Waals surface area contributed by atoms with Crippen molar-refractivity contribution >= 4 is 34.7 Å². The summed E-state index contributed by atoms with van der Waals surface area (Å²) in [5.41, 5.74) is -0.301. The summed E-state index contributed by atoms with van der Waals surface area (Å²) in [7, 11) is 3.12. The highest BCUT2D eigenvalue weighted by molar-refractivity contribution is 6.19. The van der Waals surface area contributed by atoms with Crippen molar-refractivity contribution in [1.82, 2.24) is 0 Å². The average Bonchev–Trinajstić information content (AvgIpc) is 1.68. The maximum Gasteiger partial charge on any atom is 0.316 e. The average molecular weight is 151 g/mol. The van der Waals surface area contributed by atoms with Crippen molar-refractivity contribution in [3.8, 4) is 0 Å². The van der Waals surface area contributed by atoms with Crippen LogP contribution in [-0.4, -0.2) is 49.4 Å². The highest BCUT2D eigenvalue weighted by Crippen LogP contribution is 1.93. The molecule has 0 saturated heterocycles. The SMILES string of the molecule is COCC(Cl)OC.[MgH2]. The molecule has 0 aliphatic carbocycles. The molecular formula is C4H11ClMgO2. The number of hydrogen-bond donors (Lipinski definition) is 0. The van der Waals surface area contributed by atoms with Crippen LogP contribution < -0.4 is 0 Å². The van der Waals surface area contributed by atoms with Crippen LogP contribution in [0.2, 0.25) is 0 Å². The first-order chi connectivity index (χ1) is 3.31. The highest BCUT2D eigenvalue weighted by atomic mass is 35.5. The molecule has 0 radical (unpaired) electrons. The normalized spacial score (nSPS) is 12.4. The Hall–Kier alpha value is 0.976. The molecule has 0 aromatic heterocycles. The zero-order chi connectivity index (χ0) is 5.70. The summed E-state index contributed by atoms with van der Waals surface area (Å²) in [5, 5.41) is 0. The smallest absolute Gasteiger partial charge is 0.316 e. The molecule has 0 aliphatic rings. The van der Waals surface area contributed by atoms with Crippen molar-refractivity contribution < 1.29 is 9.47 Å². The van der Waals surface area contributed by atoms with Crippen LogP contribution in [0.25, 0.3) is 0 Å². The van der Waals surface area contributed by atoms with Crippen molar-refractivity contribution in [2.75, 3.05) is 20.8 Å². The van der Waals surface area contributed by atoms with Gasteiger partial charge in [0.2, 0.25) is 0 Å². The lowest BCUT2D eigenvalue weighted by molar-refractivity contribution is 0.0769. The van der Waals surface area contributed by atoms with Crippen molar-refractivity contribution in [3.05, 3.63) is 0 Å². The molecule has 0 rings (SSSR count). The number of alkyl halides is 1. The largest absolute Gasteiger partial charge is 0.381 e. The van der Waals surface area contributed by atoms with Gasteiger partial charge in [0.1, 0.15) is 0 Å². The zero-order valence-corrected chi connectivity index (χ0v) is 5.23. The molecule has 0 fully saturated rings. The van der Waals surface area contributed by atoms with E-state index in [-0.39, 0.29) is 28.6 Å². The summed E-state index contributed by atoms with van der Waals surface area (Å²) in [5.74, 6) is 0. The van der Waals surface area contributed by atoms with Crippen LogP contribution in [0.3, 0.4) is 0 Å². The second-order valence-corrected chi connectivity index (χ2v) is 1.59. The van der Waals surface area contributed by atoms with E-state index < -0.39 is 0 Å². The molecule has 0 aromatic carbocycles. The Morgan fingerprint density at radius 2 is 2.00 bits per heavy atom. The number of methoxy groups -OCH3 is 2. The predicted molar refractivity (Wildman–Crippen MR) is 37.1 cm³/mol. The highest BCUT2D eigenvalue weighted by Gasteiger charge is 1.96. The molecule has 48 valence electrons. The third-order valence-electron chi connectivity index (χ3n) is 0.553. The molecule has 0 N–H and O–H groups in total. The Bertz CT molecular complexity index is 45.0. The van der Waals surface area contributed by atoms with Gasteiger partial charge >= 0.3 is 23.1 Å². The van der Waals surface area contributed by atoms with E-state index in [1.807, 2.05) is 0 Å². The van der Waals surface area contributed by atoms with E-state index in [4.69, 9.17) is 11.6 Å². The van der Waals surface area contributed by atoms with Crippen LogP contribution in [-0.2, 0) is 9.47 Å². The lowest BCUT2D eigenvalue weighted by Crippen LogP contribution is -2.08. The van der Waals surface area contributed by atoms with E-state index in [0.29, 0.717) is 6.61 Å². The first-order valence-electron chi connectivity index (χ1n) is 1.97. The Morgan fingerprint density at radius 1 is 1.50 bits per heavy atom. The Morgan fingerprint density at radius 3 is 2.12 bits per heavy atom. The second-order valence-electron chi connectivity index (χ2n) is 1.10. The minimum Gasteiger partial charge on any atom is -0.381 e. The molecule has 1 unspecified atom stereocenters. The van der Waals surface area contributed by atoms with Crippen molar-refractivity contribution in [3.63, 3.8) is 0 Å². The van der Waals surface area contributed by atoms with Crippen LogP contribution in [0, 0.1) is 0 Å². The quantitative estimate of drug-likeness (QED) is 0.415. The molecule has 0 aromatic rings. The van der Waals surface area contributed by atoms with E-state index >= 15 is 0 Å². The second kappa shape index (κ2) is 7.98. The van der Waals surface area contributed by atoms with Gasteiger partial charge in [0, 0.05) is 14.2 Å². The fraction of sp³-hybridized carbons (Fsp3) is 1.00. The Kier molecular flexibility index (Phi) is 11.7. The summed E-state index contributed by atoms with van der Waals surface area (Å²) >= 11 is 5.42. The number of hydrogen-bond acceptors (Lipinski definition) is 2. The van der Waals surface area contributed by atoms with Crippen molar-refractivity contribution in [2.45, 2.75) is 5.56 Å². The van der Waals surface area contributed by atoms with E-state index in [1.54, 1.807) is 7.11 Å². The van der Waals surface area contributed by atoms with Gasteiger partial charge in [-0.15, -0.1) is 0 Å². The summed E-state index contributed by atoms with van der Waals surface area (Å²) in [6.07, 6.45) is 0. The third-order valence-corrected chi connectivity index (χ3v) is 0.858. The summed E-state index contributed by atoms with van der Waals surface area (Å²) in [4.78, 5) is 0. The Labute approximate surface area is 70.6 Å². The summed E-state index contributed by atoms with van der Waals surface area (Å²) in [6, 6.07) is 0. The van der Waals surface area contributed by atoms with E-state index in [1.165, 1.54) is 7.11 Å². The van der Waals surface area contributed by atoms with Gasteiger partial charge in [-0.3, -0.25) is 0 Å². The van der Waals surface area contributed by atoms with Crippen LogP contribution in [0.15, 0.2) is 0 Å². The lowest BCUT2D eigenvalue weighted by Gasteiger charge is -2.02.